The van der Waals surface area contributed by atoms with Gasteiger partial charge in [-0.05, 0) is 43.0 Å². The van der Waals surface area contributed by atoms with Crippen LogP contribution in [0.15, 0.2) is 29.4 Å². The fourth-order valence-corrected chi connectivity index (χ4v) is 3.56. The number of aryl methyl sites for hydroxylation is 1. The molecule has 1 aromatic carbocycles. The fraction of sp³-hybridized carbons (Fsp3) is 0.421. The first-order valence-electron chi connectivity index (χ1n) is 9.35. The average molecular weight is 369 g/mol. The van der Waals surface area contributed by atoms with Crippen molar-refractivity contribution in [3.05, 3.63) is 47.4 Å². The van der Waals surface area contributed by atoms with Crippen molar-refractivity contribution in [1.82, 2.24) is 30.4 Å². The lowest BCUT2D eigenvalue weighted by atomic mass is 10.1. The maximum atomic E-state index is 13.5. The Bertz CT molecular complexity index is 956. The van der Waals surface area contributed by atoms with E-state index in [0.29, 0.717) is 19.0 Å². The summed E-state index contributed by atoms with van der Waals surface area (Å²) in [7, 11) is 1.75. The van der Waals surface area contributed by atoms with Crippen molar-refractivity contribution in [2.45, 2.75) is 38.8 Å². The predicted octanol–water partition coefficient (Wildman–Crippen LogP) is 2.14. The monoisotopic (exact) mass is 369 g/mol. The van der Waals surface area contributed by atoms with Crippen LogP contribution < -0.4 is 10.6 Å². The zero-order valence-corrected chi connectivity index (χ0v) is 15.4. The van der Waals surface area contributed by atoms with Gasteiger partial charge >= 0.3 is 0 Å². The zero-order valence-electron chi connectivity index (χ0n) is 15.4. The molecule has 1 aliphatic rings. The van der Waals surface area contributed by atoms with Crippen LogP contribution in [0.3, 0.4) is 0 Å². The number of halogens is 1. The maximum Gasteiger partial charge on any atom is 0.191 e. The Labute approximate surface area is 157 Å². The molecule has 0 saturated carbocycles. The van der Waals surface area contributed by atoms with Crippen LogP contribution in [0.1, 0.15) is 30.1 Å². The molecule has 3 aromatic rings. The molecule has 4 rings (SSSR count). The number of rotatable bonds is 5. The normalized spacial score (nSPS) is 14.4. The first kappa shape index (κ1) is 17.5. The maximum absolute atomic E-state index is 13.5. The highest BCUT2D eigenvalue weighted by Crippen LogP contribution is 2.19. The molecule has 0 amide bonds. The van der Waals surface area contributed by atoms with Gasteiger partial charge in [-0.25, -0.2) is 4.39 Å². The molecule has 0 aliphatic carbocycles. The number of aliphatic imine (C=N–C) groups is 1. The Balaban J connectivity index is 1.32. The van der Waals surface area contributed by atoms with E-state index in [1.54, 1.807) is 19.2 Å². The molecule has 27 heavy (non-hydrogen) atoms. The van der Waals surface area contributed by atoms with Crippen LogP contribution in [-0.2, 0) is 25.9 Å². The summed E-state index contributed by atoms with van der Waals surface area (Å²) in [4.78, 5) is 7.45. The molecule has 7 nitrogen and oxygen atoms in total. The highest BCUT2D eigenvalue weighted by atomic mass is 19.1. The van der Waals surface area contributed by atoms with Crippen molar-refractivity contribution < 1.29 is 4.39 Å². The van der Waals surface area contributed by atoms with Gasteiger partial charge in [0.2, 0.25) is 0 Å². The summed E-state index contributed by atoms with van der Waals surface area (Å²) in [5, 5.41) is 16.1. The van der Waals surface area contributed by atoms with E-state index in [2.05, 4.69) is 35.4 Å². The zero-order chi connectivity index (χ0) is 18.6. The number of benzene rings is 1. The third-order valence-corrected chi connectivity index (χ3v) is 4.99. The standard InChI is InChI=1S/C19H24FN7/c1-21-19(24-12-18-26-25-17-4-2-3-9-27(17)18)22-8-7-13-11-23-16-6-5-14(20)10-15(13)16/h5-6,10-11,23H,2-4,7-9,12H2,1H3,(H2,21,22,24). The van der Waals surface area contributed by atoms with Gasteiger partial charge in [-0.2, -0.15) is 0 Å². The molecular weight excluding hydrogens is 345 g/mol. The molecule has 2 aromatic heterocycles. The number of nitrogens with one attached hydrogen (secondary N) is 3. The van der Waals surface area contributed by atoms with Gasteiger partial charge < -0.3 is 20.2 Å². The summed E-state index contributed by atoms with van der Waals surface area (Å²) in [6.07, 6.45) is 6.07. The first-order chi connectivity index (χ1) is 13.2. The minimum absolute atomic E-state index is 0.217. The second-order valence-electron chi connectivity index (χ2n) is 6.75. The molecule has 0 radical (unpaired) electrons. The molecule has 0 fully saturated rings. The topological polar surface area (TPSA) is 82.9 Å². The van der Waals surface area contributed by atoms with Crippen LogP contribution in [0.5, 0.6) is 0 Å². The van der Waals surface area contributed by atoms with Gasteiger partial charge in [0.25, 0.3) is 0 Å². The quantitative estimate of drug-likeness (QED) is 0.475. The number of hydrogen-bond donors (Lipinski definition) is 3. The molecule has 0 unspecified atom stereocenters. The second kappa shape index (κ2) is 7.77. The van der Waals surface area contributed by atoms with Crippen LogP contribution in [-0.4, -0.2) is 39.3 Å². The number of guanidine groups is 1. The van der Waals surface area contributed by atoms with Crippen molar-refractivity contribution in [2.75, 3.05) is 13.6 Å². The van der Waals surface area contributed by atoms with Gasteiger partial charge in [-0.15, -0.1) is 10.2 Å². The summed E-state index contributed by atoms with van der Waals surface area (Å²) in [6.45, 7) is 2.27. The van der Waals surface area contributed by atoms with Crippen LogP contribution in [0.4, 0.5) is 4.39 Å². The lowest BCUT2D eigenvalue weighted by molar-refractivity contribution is 0.504. The van der Waals surface area contributed by atoms with Crippen molar-refractivity contribution in [2.24, 2.45) is 4.99 Å². The number of fused-ring (bicyclic) bond motifs is 2. The third-order valence-electron chi connectivity index (χ3n) is 4.99. The molecular formula is C19H24FN7. The van der Waals surface area contributed by atoms with E-state index in [1.165, 1.54) is 18.9 Å². The number of aromatic nitrogens is 4. The van der Waals surface area contributed by atoms with E-state index in [0.717, 1.165) is 47.5 Å². The largest absolute Gasteiger partial charge is 0.361 e. The first-order valence-corrected chi connectivity index (χ1v) is 9.35. The van der Waals surface area contributed by atoms with Gasteiger partial charge in [0.15, 0.2) is 11.8 Å². The lowest BCUT2D eigenvalue weighted by Crippen LogP contribution is -2.38. The summed E-state index contributed by atoms with van der Waals surface area (Å²) >= 11 is 0. The smallest absolute Gasteiger partial charge is 0.191 e. The Hall–Kier alpha value is -2.90. The third kappa shape index (κ3) is 3.79. The minimum atomic E-state index is -0.217. The van der Waals surface area contributed by atoms with Gasteiger partial charge in [0.05, 0.1) is 6.54 Å². The van der Waals surface area contributed by atoms with Crippen LogP contribution in [0.2, 0.25) is 0 Å². The van der Waals surface area contributed by atoms with Crippen molar-refractivity contribution >= 4 is 16.9 Å². The summed E-state index contributed by atoms with van der Waals surface area (Å²) in [5.41, 5.74) is 2.03. The van der Waals surface area contributed by atoms with Crippen LogP contribution >= 0.6 is 0 Å². The minimum Gasteiger partial charge on any atom is -0.361 e. The number of hydrogen-bond acceptors (Lipinski definition) is 3. The molecule has 0 atom stereocenters. The van der Waals surface area contributed by atoms with Gasteiger partial charge in [-0.1, -0.05) is 0 Å². The van der Waals surface area contributed by atoms with E-state index >= 15 is 0 Å². The number of nitrogens with zero attached hydrogens (tertiary/aromatic N) is 4. The summed E-state index contributed by atoms with van der Waals surface area (Å²) in [6, 6.07) is 4.81. The van der Waals surface area contributed by atoms with E-state index in [-0.39, 0.29) is 5.82 Å². The molecule has 8 heteroatoms. The van der Waals surface area contributed by atoms with E-state index in [1.807, 2.05) is 6.20 Å². The SMILES string of the molecule is CN=C(NCCc1c[nH]c2ccc(F)cc12)NCc1nnc2n1CCCC2. The molecule has 3 heterocycles. The van der Waals surface area contributed by atoms with E-state index in [9.17, 15) is 4.39 Å². The Morgan fingerprint density at radius 1 is 1.30 bits per heavy atom. The second-order valence-corrected chi connectivity index (χ2v) is 6.75. The summed E-state index contributed by atoms with van der Waals surface area (Å²) < 4.78 is 15.7. The highest BCUT2D eigenvalue weighted by molar-refractivity contribution is 5.83. The van der Waals surface area contributed by atoms with Crippen LogP contribution in [0.25, 0.3) is 10.9 Å². The number of H-pyrrole nitrogens is 1. The highest BCUT2D eigenvalue weighted by Gasteiger charge is 2.15. The molecule has 3 N–H and O–H groups in total. The van der Waals surface area contributed by atoms with Crippen molar-refractivity contribution in [3.63, 3.8) is 0 Å². The van der Waals surface area contributed by atoms with E-state index in [4.69, 9.17) is 0 Å². The van der Waals surface area contributed by atoms with Gasteiger partial charge in [0, 0.05) is 43.7 Å². The Morgan fingerprint density at radius 3 is 3.11 bits per heavy atom. The molecule has 0 spiro atoms. The molecule has 0 saturated heterocycles. The summed E-state index contributed by atoms with van der Waals surface area (Å²) in [5.74, 6) is 2.52. The molecule has 0 bridgehead atoms. The average Bonchev–Trinajstić information content (AvgIpc) is 3.28. The predicted molar refractivity (Wildman–Crippen MR) is 103 cm³/mol. The Kier molecular flexibility index (Phi) is 5.04. The number of aromatic amines is 1. The van der Waals surface area contributed by atoms with Gasteiger partial charge in [-0.3, -0.25) is 4.99 Å². The molecule has 142 valence electrons. The van der Waals surface area contributed by atoms with Crippen molar-refractivity contribution in [3.8, 4) is 0 Å². The Morgan fingerprint density at radius 2 is 2.22 bits per heavy atom. The van der Waals surface area contributed by atoms with Gasteiger partial charge in [0.1, 0.15) is 11.6 Å². The van der Waals surface area contributed by atoms with E-state index < -0.39 is 0 Å². The van der Waals surface area contributed by atoms with Crippen LogP contribution in [0, 0.1) is 5.82 Å². The van der Waals surface area contributed by atoms with Crippen molar-refractivity contribution in [1.29, 1.82) is 0 Å². The fourth-order valence-electron chi connectivity index (χ4n) is 3.56. The lowest BCUT2D eigenvalue weighted by Gasteiger charge is -2.16. The molecule has 1 aliphatic heterocycles.